The van der Waals surface area contributed by atoms with Crippen molar-refractivity contribution in [3.05, 3.63) is 41.6 Å². The van der Waals surface area contributed by atoms with E-state index < -0.39 is 5.91 Å². The second-order valence-electron chi connectivity index (χ2n) is 3.74. The second kappa shape index (κ2) is 3.55. The third-order valence-electron chi connectivity index (χ3n) is 2.75. The molecule has 0 radical (unpaired) electrons. The lowest BCUT2D eigenvalue weighted by Gasteiger charge is -2.16. The Hall–Kier alpha value is -2.43. The van der Waals surface area contributed by atoms with Gasteiger partial charge in [-0.1, -0.05) is 11.2 Å². The summed E-state index contributed by atoms with van der Waals surface area (Å²) in [5, 5.41) is 4.66. The molecule has 0 fully saturated rings. The summed E-state index contributed by atoms with van der Waals surface area (Å²) in [6, 6.07) is 7.43. The predicted molar refractivity (Wildman–Crippen MR) is 62.3 cm³/mol. The van der Waals surface area contributed by atoms with Gasteiger partial charge in [-0.2, -0.15) is 0 Å². The Kier molecular flexibility index (Phi) is 2.04. The van der Waals surface area contributed by atoms with Crippen molar-refractivity contribution in [3.63, 3.8) is 0 Å². The van der Waals surface area contributed by atoms with E-state index in [-0.39, 0.29) is 5.71 Å². The van der Waals surface area contributed by atoms with Gasteiger partial charge < -0.3 is 10.6 Å². The highest BCUT2D eigenvalue weighted by atomic mass is 16.6. The minimum absolute atomic E-state index is 0.164. The number of nitrogens with zero attached hydrogens (tertiary/aromatic N) is 2. The Labute approximate surface area is 96.9 Å². The summed E-state index contributed by atoms with van der Waals surface area (Å²) in [5.41, 5.74) is 7.91. The van der Waals surface area contributed by atoms with Crippen molar-refractivity contribution >= 4 is 22.5 Å². The number of aromatic nitrogens is 1. The third-order valence-corrected chi connectivity index (χ3v) is 2.75. The van der Waals surface area contributed by atoms with E-state index in [2.05, 4.69) is 10.1 Å². The van der Waals surface area contributed by atoms with E-state index in [9.17, 15) is 4.79 Å². The zero-order valence-corrected chi connectivity index (χ0v) is 8.88. The molecule has 0 saturated carbocycles. The van der Waals surface area contributed by atoms with Gasteiger partial charge in [-0.05, 0) is 18.2 Å². The minimum Gasteiger partial charge on any atom is -0.390 e. The Bertz CT molecular complexity index is 649. The van der Waals surface area contributed by atoms with Crippen LogP contribution < -0.4 is 5.73 Å². The van der Waals surface area contributed by atoms with Crippen LogP contribution in [0.2, 0.25) is 0 Å². The van der Waals surface area contributed by atoms with Crippen LogP contribution in [0.5, 0.6) is 0 Å². The first-order chi connectivity index (χ1) is 8.27. The van der Waals surface area contributed by atoms with Crippen molar-refractivity contribution in [2.24, 2.45) is 10.9 Å². The van der Waals surface area contributed by atoms with E-state index in [1.165, 1.54) is 0 Å². The summed E-state index contributed by atoms with van der Waals surface area (Å²) in [6.45, 7) is 0.329. The first-order valence-electron chi connectivity index (χ1n) is 5.14. The average molecular weight is 227 g/mol. The van der Waals surface area contributed by atoms with E-state index in [1.54, 1.807) is 12.3 Å². The van der Waals surface area contributed by atoms with Crippen LogP contribution >= 0.6 is 0 Å². The lowest BCUT2D eigenvalue weighted by Crippen LogP contribution is -2.27. The molecule has 1 aliphatic heterocycles. The SMILES string of the molecule is NC(=O)C1=NOCc2c1ccc1ncccc21. The molecule has 17 heavy (non-hydrogen) atoms. The Morgan fingerprint density at radius 3 is 3.06 bits per heavy atom. The van der Waals surface area contributed by atoms with Gasteiger partial charge in [0.2, 0.25) is 0 Å². The first-order valence-corrected chi connectivity index (χ1v) is 5.14. The minimum atomic E-state index is -0.589. The number of benzene rings is 1. The summed E-state index contributed by atoms with van der Waals surface area (Å²) in [6.07, 6.45) is 1.72. The van der Waals surface area contributed by atoms with Gasteiger partial charge in [0.05, 0.1) is 5.52 Å². The number of hydrogen-bond donors (Lipinski definition) is 1. The van der Waals surface area contributed by atoms with E-state index in [4.69, 9.17) is 10.6 Å². The maximum atomic E-state index is 11.2. The van der Waals surface area contributed by atoms with Gasteiger partial charge in [-0.3, -0.25) is 9.78 Å². The molecule has 5 nitrogen and oxygen atoms in total. The molecule has 2 aromatic rings. The summed E-state index contributed by atoms with van der Waals surface area (Å²) in [5.74, 6) is -0.589. The highest BCUT2D eigenvalue weighted by molar-refractivity contribution is 6.45. The number of nitrogens with two attached hydrogens (primary N) is 1. The highest BCUT2D eigenvalue weighted by Gasteiger charge is 2.21. The van der Waals surface area contributed by atoms with Gasteiger partial charge in [0.1, 0.15) is 6.61 Å². The molecule has 1 aromatic heterocycles. The zero-order valence-electron chi connectivity index (χ0n) is 8.88. The normalized spacial score (nSPS) is 13.8. The quantitative estimate of drug-likeness (QED) is 0.788. The molecule has 0 saturated heterocycles. The van der Waals surface area contributed by atoms with Gasteiger partial charge in [0.15, 0.2) is 5.71 Å². The molecular weight excluding hydrogens is 218 g/mol. The largest absolute Gasteiger partial charge is 0.390 e. The van der Waals surface area contributed by atoms with Gasteiger partial charge >= 0.3 is 0 Å². The van der Waals surface area contributed by atoms with Crippen molar-refractivity contribution in [1.29, 1.82) is 0 Å². The van der Waals surface area contributed by atoms with Crippen LogP contribution in [0, 0.1) is 0 Å². The standard InChI is InChI=1S/C12H9N3O2/c13-12(16)11-8-3-4-10-7(2-1-5-14-10)9(8)6-17-15-11/h1-5H,6H2,(H2,13,16). The predicted octanol–water partition coefficient (Wildman–Crippen LogP) is 0.954. The van der Waals surface area contributed by atoms with E-state index in [0.29, 0.717) is 6.61 Å². The molecular formula is C12H9N3O2. The van der Waals surface area contributed by atoms with Crippen molar-refractivity contribution in [2.75, 3.05) is 0 Å². The third kappa shape index (κ3) is 1.44. The topological polar surface area (TPSA) is 77.6 Å². The van der Waals surface area contributed by atoms with E-state index in [1.807, 2.05) is 18.2 Å². The van der Waals surface area contributed by atoms with Crippen molar-refractivity contribution < 1.29 is 9.63 Å². The van der Waals surface area contributed by atoms with Crippen LogP contribution in [0.15, 0.2) is 35.6 Å². The molecule has 5 heteroatoms. The van der Waals surface area contributed by atoms with Crippen molar-refractivity contribution in [1.82, 2.24) is 4.98 Å². The number of hydrogen-bond acceptors (Lipinski definition) is 4. The highest BCUT2D eigenvalue weighted by Crippen LogP contribution is 2.25. The molecule has 0 aliphatic carbocycles. The number of rotatable bonds is 1. The molecule has 84 valence electrons. The maximum Gasteiger partial charge on any atom is 0.271 e. The van der Waals surface area contributed by atoms with Crippen LogP contribution in [0.4, 0.5) is 0 Å². The maximum absolute atomic E-state index is 11.2. The monoisotopic (exact) mass is 227 g/mol. The van der Waals surface area contributed by atoms with Crippen LogP contribution in [0.25, 0.3) is 10.9 Å². The molecule has 3 rings (SSSR count). The van der Waals surface area contributed by atoms with Crippen LogP contribution in [-0.4, -0.2) is 16.6 Å². The van der Waals surface area contributed by atoms with Crippen LogP contribution in [0.3, 0.4) is 0 Å². The lowest BCUT2D eigenvalue weighted by molar-refractivity contribution is -0.112. The Morgan fingerprint density at radius 1 is 1.35 bits per heavy atom. The number of primary amides is 1. The van der Waals surface area contributed by atoms with Gasteiger partial charge in [-0.15, -0.1) is 0 Å². The number of fused-ring (bicyclic) bond motifs is 3. The molecule has 1 aromatic carbocycles. The van der Waals surface area contributed by atoms with Crippen molar-refractivity contribution in [3.8, 4) is 0 Å². The molecule has 2 heterocycles. The van der Waals surface area contributed by atoms with Gasteiger partial charge in [0.25, 0.3) is 5.91 Å². The Balaban J connectivity index is 2.32. The lowest BCUT2D eigenvalue weighted by atomic mass is 9.98. The number of carbonyl (C=O) groups is 1. The fourth-order valence-corrected chi connectivity index (χ4v) is 1.98. The molecule has 1 amide bonds. The summed E-state index contributed by atoms with van der Waals surface area (Å²) in [4.78, 5) is 20.5. The van der Waals surface area contributed by atoms with Crippen LogP contribution in [-0.2, 0) is 16.2 Å². The molecule has 0 atom stereocenters. The van der Waals surface area contributed by atoms with Crippen LogP contribution in [0.1, 0.15) is 11.1 Å². The second-order valence-corrected chi connectivity index (χ2v) is 3.74. The average Bonchev–Trinajstić information content (AvgIpc) is 2.37. The van der Waals surface area contributed by atoms with Gasteiger partial charge in [-0.25, -0.2) is 0 Å². The first kappa shape index (κ1) is 9.77. The van der Waals surface area contributed by atoms with Crippen molar-refractivity contribution in [2.45, 2.75) is 6.61 Å². The molecule has 0 spiro atoms. The number of carbonyl (C=O) groups excluding carboxylic acids is 1. The fourth-order valence-electron chi connectivity index (χ4n) is 1.98. The van der Waals surface area contributed by atoms with E-state index in [0.717, 1.165) is 22.0 Å². The fraction of sp³-hybridized carbons (Fsp3) is 0.0833. The number of pyridine rings is 1. The zero-order chi connectivity index (χ0) is 11.8. The summed E-state index contributed by atoms with van der Waals surface area (Å²) >= 11 is 0. The summed E-state index contributed by atoms with van der Waals surface area (Å²) in [7, 11) is 0. The molecule has 0 bridgehead atoms. The smallest absolute Gasteiger partial charge is 0.271 e. The van der Waals surface area contributed by atoms with Gasteiger partial charge in [0, 0.05) is 22.7 Å². The molecule has 2 N–H and O–H groups in total. The van der Waals surface area contributed by atoms with E-state index >= 15 is 0 Å². The Morgan fingerprint density at radius 2 is 2.24 bits per heavy atom. The summed E-state index contributed by atoms with van der Waals surface area (Å²) < 4.78 is 0. The molecule has 0 unspecified atom stereocenters. The number of oxime groups is 1. The number of amides is 1. The molecule has 1 aliphatic rings.